The normalized spacial score (nSPS) is 18.2. The van der Waals surface area contributed by atoms with Crippen LogP contribution in [0.15, 0.2) is 16.6 Å². The molecule has 1 aliphatic rings. The van der Waals surface area contributed by atoms with Gasteiger partial charge in [-0.3, -0.25) is 0 Å². The summed E-state index contributed by atoms with van der Waals surface area (Å²) in [5.74, 6) is 0. The first-order chi connectivity index (χ1) is 10.7. The second-order valence-corrected chi connectivity index (χ2v) is 8.14. The lowest BCUT2D eigenvalue weighted by Crippen LogP contribution is -2.42. The fourth-order valence-corrected chi connectivity index (χ4v) is 3.78. The molecule has 23 heavy (non-hydrogen) atoms. The SMILES string of the molecule is Cc1cc(C)c(NCC2CCCN2C(=O)OC(C)(C)C)c(Br)c1. The Bertz CT molecular complexity index is 558. The highest BCUT2D eigenvalue weighted by Crippen LogP contribution is 2.29. The maximum atomic E-state index is 12.3. The minimum Gasteiger partial charge on any atom is -0.444 e. The van der Waals surface area contributed by atoms with Crippen LogP contribution < -0.4 is 5.32 Å². The molecule has 1 aliphatic heterocycles. The Morgan fingerprint density at radius 3 is 2.70 bits per heavy atom. The number of aryl methyl sites for hydroxylation is 2. The minimum atomic E-state index is -0.450. The van der Waals surface area contributed by atoms with Gasteiger partial charge in [0, 0.05) is 17.6 Å². The molecule has 4 nitrogen and oxygen atoms in total. The van der Waals surface area contributed by atoms with Crippen LogP contribution in [0.4, 0.5) is 10.5 Å². The molecule has 1 aromatic rings. The average molecular weight is 383 g/mol. The standard InChI is InChI=1S/C18H27BrN2O2/c1-12-9-13(2)16(15(19)10-12)20-11-14-7-6-8-21(14)17(22)23-18(3,4)5/h9-10,14,20H,6-8,11H2,1-5H3. The molecular formula is C18H27BrN2O2. The average Bonchev–Trinajstić information content (AvgIpc) is 2.83. The lowest BCUT2D eigenvalue weighted by molar-refractivity contribution is 0.0235. The van der Waals surface area contributed by atoms with E-state index in [2.05, 4.69) is 47.2 Å². The summed E-state index contributed by atoms with van der Waals surface area (Å²) in [5, 5.41) is 3.50. The van der Waals surface area contributed by atoms with Crippen LogP contribution >= 0.6 is 15.9 Å². The quantitative estimate of drug-likeness (QED) is 0.809. The topological polar surface area (TPSA) is 41.6 Å². The number of nitrogens with one attached hydrogen (secondary N) is 1. The molecule has 5 heteroatoms. The number of anilines is 1. The van der Waals surface area contributed by atoms with Crippen molar-refractivity contribution in [2.75, 3.05) is 18.4 Å². The van der Waals surface area contributed by atoms with E-state index in [0.717, 1.165) is 36.1 Å². The third-order valence-electron chi connectivity index (χ3n) is 3.95. The Balaban J connectivity index is 2.01. The summed E-state index contributed by atoms with van der Waals surface area (Å²) >= 11 is 3.62. The summed E-state index contributed by atoms with van der Waals surface area (Å²) in [6, 6.07) is 4.45. The Kier molecular flexibility index (Phi) is 5.61. The molecule has 1 unspecified atom stereocenters. The molecular weight excluding hydrogens is 356 g/mol. The maximum absolute atomic E-state index is 12.3. The van der Waals surface area contributed by atoms with Crippen molar-refractivity contribution in [2.45, 2.75) is 59.1 Å². The second-order valence-electron chi connectivity index (χ2n) is 7.29. The van der Waals surface area contributed by atoms with E-state index >= 15 is 0 Å². The monoisotopic (exact) mass is 382 g/mol. The number of nitrogens with zero attached hydrogens (tertiary/aromatic N) is 1. The zero-order valence-electron chi connectivity index (χ0n) is 14.7. The predicted octanol–water partition coefficient (Wildman–Crippen LogP) is 4.88. The van der Waals surface area contributed by atoms with E-state index in [-0.39, 0.29) is 12.1 Å². The number of benzene rings is 1. The minimum absolute atomic E-state index is 0.178. The molecule has 1 atom stereocenters. The van der Waals surface area contributed by atoms with Gasteiger partial charge in [-0.1, -0.05) is 6.07 Å². The summed E-state index contributed by atoms with van der Waals surface area (Å²) in [7, 11) is 0. The van der Waals surface area contributed by atoms with E-state index in [9.17, 15) is 4.79 Å². The Labute approximate surface area is 147 Å². The Morgan fingerprint density at radius 2 is 2.09 bits per heavy atom. The molecule has 0 spiro atoms. The lowest BCUT2D eigenvalue weighted by atomic mass is 10.1. The number of halogens is 1. The van der Waals surface area contributed by atoms with E-state index < -0.39 is 5.60 Å². The molecule has 0 bridgehead atoms. The summed E-state index contributed by atoms with van der Waals surface area (Å²) in [6.07, 6.45) is 1.83. The molecule has 1 N–H and O–H groups in total. The molecule has 1 heterocycles. The molecule has 2 rings (SSSR count). The number of hydrogen-bond donors (Lipinski definition) is 1. The van der Waals surface area contributed by atoms with Gasteiger partial charge in [-0.2, -0.15) is 0 Å². The summed E-state index contributed by atoms with van der Waals surface area (Å²) < 4.78 is 6.58. The van der Waals surface area contributed by atoms with Crippen LogP contribution in [-0.2, 0) is 4.74 Å². The van der Waals surface area contributed by atoms with Gasteiger partial charge in [-0.05, 0) is 80.6 Å². The van der Waals surface area contributed by atoms with Crippen LogP contribution in [0.1, 0.15) is 44.7 Å². The van der Waals surface area contributed by atoms with Gasteiger partial charge < -0.3 is 15.0 Å². The van der Waals surface area contributed by atoms with Crippen molar-refractivity contribution < 1.29 is 9.53 Å². The van der Waals surface area contributed by atoms with Crippen molar-refractivity contribution in [3.8, 4) is 0 Å². The zero-order valence-corrected chi connectivity index (χ0v) is 16.3. The summed E-state index contributed by atoms with van der Waals surface area (Å²) in [5.41, 5.74) is 3.09. The number of amides is 1. The molecule has 0 radical (unpaired) electrons. The molecule has 0 aliphatic carbocycles. The van der Waals surface area contributed by atoms with E-state index in [0.29, 0.717) is 0 Å². The second kappa shape index (κ2) is 7.12. The van der Waals surface area contributed by atoms with Crippen molar-refractivity contribution in [3.63, 3.8) is 0 Å². The Hall–Kier alpha value is -1.23. The fourth-order valence-electron chi connectivity index (χ4n) is 2.97. The fraction of sp³-hybridized carbons (Fsp3) is 0.611. The molecule has 1 fully saturated rings. The van der Waals surface area contributed by atoms with Gasteiger partial charge >= 0.3 is 6.09 Å². The lowest BCUT2D eigenvalue weighted by Gasteiger charge is -2.29. The number of carbonyl (C=O) groups excluding carboxylic acids is 1. The third-order valence-corrected chi connectivity index (χ3v) is 4.58. The van der Waals surface area contributed by atoms with Crippen molar-refractivity contribution in [2.24, 2.45) is 0 Å². The highest BCUT2D eigenvalue weighted by Gasteiger charge is 2.32. The van der Waals surface area contributed by atoms with Gasteiger partial charge in [0.1, 0.15) is 5.60 Å². The molecule has 1 amide bonds. The van der Waals surface area contributed by atoms with Crippen molar-refractivity contribution in [1.29, 1.82) is 0 Å². The first kappa shape index (κ1) is 18.1. The van der Waals surface area contributed by atoms with Crippen molar-refractivity contribution >= 4 is 27.7 Å². The Morgan fingerprint density at radius 1 is 1.39 bits per heavy atom. The van der Waals surface area contributed by atoms with Crippen molar-refractivity contribution in [3.05, 3.63) is 27.7 Å². The predicted molar refractivity (Wildman–Crippen MR) is 98.1 cm³/mol. The highest BCUT2D eigenvalue weighted by molar-refractivity contribution is 9.10. The smallest absolute Gasteiger partial charge is 0.410 e. The van der Waals surface area contributed by atoms with Crippen molar-refractivity contribution in [1.82, 2.24) is 4.90 Å². The van der Waals surface area contributed by atoms with Gasteiger partial charge in [0.05, 0.1) is 11.7 Å². The number of carbonyl (C=O) groups is 1. The van der Waals surface area contributed by atoms with E-state index in [1.807, 2.05) is 25.7 Å². The van der Waals surface area contributed by atoms with Crippen LogP contribution in [0, 0.1) is 13.8 Å². The third kappa shape index (κ3) is 4.87. The highest BCUT2D eigenvalue weighted by atomic mass is 79.9. The van der Waals surface area contributed by atoms with Crippen LogP contribution in [0.3, 0.4) is 0 Å². The number of likely N-dealkylation sites (tertiary alicyclic amines) is 1. The largest absolute Gasteiger partial charge is 0.444 e. The van der Waals surface area contributed by atoms with Crippen LogP contribution in [-0.4, -0.2) is 35.7 Å². The van der Waals surface area contributed by atoms with Gasteiger partial charge in [0.2, 0.25) is 0 Å². The molecule has 128 valence electrons. The summed E-state index contributed by atoms with van der Waals surface area (Å²) in [6.45, 7) is 11.4. The van der Waals surface area contributed by atoms with Gasteiger partial charge in [-0.25, -0.2) is 4.79 Å². The van der Waals surface area contributed by atoms with E-state index in [1.54, 1.807) is 0 Å². The number of ether oxygens (including phenoxy) is 1. The molecule has 0 aromatic heterocycles. The van der Waals surface area contributed by atoms with E-state index in [1.165, 1.54) is 11.1 Å². The van der Waals surface area contributed by atoms with Crippen LogP contribution in [0.2, 0.25) is 0 Å². The number of rotatable bonds is 3. The van der Waals surface area contributed by atoms with Gasteiger partial charge in [0.25, 0.3) is 0 Å². The molecule has 1 saturated heterocycles. The van der Waals surface area contributed by atoms with Gasteiger partial charge in [-0.15, -0.1) is 0 Å². The first-order valence-electron chi connectivity index (χ1n) is 8.17. The summed E-state index contributed by atoms with van der Waals surface area (Å²) in [4.78, 5) is 14.2. The zero-order chi connectivity index (χ0) is 17.2. The maximum Gasteiger partial charge on any atom is 0.410 e. The number of hydrogen-bond acceptors (Lipinski definition) is 3. The molecule has 0 saturated carbocycles. The van der Waals surface area contributed by atoms with Crippen LogP contribution in [0.5, 0.6) is 0 Å². The first-order valence-corrected chi connectivity index (χ1v) is 8.97. The van der Waals surface area contributed by atoms with Crippen LogP contribution in [0.25, 0.3) is 0 Å². The molecule has 1 aromatic carbocycles. The van der Waals surface area contributed by atoms with Gasteiger partial charge in [0.15, 0.2) is 0 Å². The van der Waals surface area contributed by atoms with E-state index in [4.69, 9.17) is 4.74 Å².